The van der Waals surface area contributed by atoms with Crippen molar-refractivity contribution in [2.24, 2.45) is 0 Å². The van der Waals surface area contributed by atoms with Crippen LogP contribution in [0.25, 0.3) is 5.69 Å². The number of para-hydroxylation sites is 1. The van der Waals surface area contributed by atoms with Gasteiger partial charge in [-0.15, -0.1) is 5.10 Å². The number of hydrogen-bond donors (Lipinski definition) is 3. The molecule has 1 aromatic heterocycles. The van der Waals surface area contributed by atoms with Crippen LogP contribution in [0.15, 0.2) is 84.0 Å². The normalized spacial score (nSPS) is 17.9. The lowest BCUT2D eigenvalue weighted by atomic mass is 10.0. The second-order valence-corrected chi connectivity index (χ2v) is 12.2. The molecule has 1 aliphatic rings. The van der Waals surface area contributed by atoms with Crippen molar-refractivity contribution in [2.45, 2.75) is 81.8 Å². The summed E-state index contributed by atoms with van der Waals surface area (Å²) in [5, 5.41) is 34.1. The van der Waals surface area contributed by atoms with Gasteiger partial charge in [0.1, 0.15) is 0 Å². The largest absolute Gasteiger partial charge is 0.481 e. The number of carboxylic acid groups (broad SMARTS) is 1. The molecule has 12 heteroatoms. The minimum absolute atomic E-state index is 0.0186. The molecule has 11 nitrogen and oxygen atoms in total. The maximum Gasteiger partial charge on any atom is 0.303 e. The van der Waals surface area contributed by atoms with Crippen LogP contribution >= 0.6 is 11.8 Å². The van der Waals surface area contributed by atoms with Gasteiger partial charge >= 0.3 is 5.97 Å². The Balaban J connectivity index is 1.19. The van der Waals surface area contributed by atoms with E-state index in [1.165, 1.54) is 11.8 Å². The van der Waals surface area contributed by atoms with Crippen molar-refractivity contribution in [1.29, 1.82) is 0 Å². The molecule has 1 saturated heterocycles. The molecule has 0 spiro atoms. The van der Waals surface area contributed by atoms with Crippen LogP contribution in [0.5, 0.6) is 0 Å². The zero-order valence-corrected chi connectivity index (χ0v) is 26.3. The number of aliphatic carboxylic acids is 1. The van der Waals surface area contributed by atoms with E-state index in [1.54, 1.807) is 4.68 Å². The molecule has 5 rings (SSSR count). The van der Waals surface area contributed by atoms with E-state index in [-0.39, 0.29) is 31.1 Å². The molecule has 4 aromatic rings. The number of carboxylic acids is 1. The third-order valence-electron chi connectivity index (χ3n) is 7.74. The predicted octanol–water partition coefficient (Wildman–Crippen LogP) is 5.53. The summed E-state index contributed by atoms with van der Waals surface area (Å²) in [5.41, 5.74) is 4.57. The van der Waals surface area contributed by atoms with Gasteiger partial charge in [0.05, 0.1) is 24.5 Å². The van der Waals surface area contributed by atoms with Crippen LogP contribution in [0, 0.1) is 0 Å². The van der Waals surface area contributed by atoms with Gasteiger partial charge in [-0.2, -0.15) is 4.68 Å². The lowest BCUT2D eigenvalue weighted by molar-refractivity contribution is -0.245. The number of unbranched alkanes of at least 4 members (excludes halogenated alkanes) is 3. The van der Waals surface area contributed by atoms with E-state index >= 15 is 0 Å². The van der Waals surface area contributed by atoms with Gasteiger partial charge in [0.15, 0.2) is 6.29 Å². The number of carbonyl (C=O) groups is 2. The van der Waals surface area contributed by atoms with Gasteiger partial charge in [-0.3, -0.25) is 9.59 Å². The number of tetrazole rings is 1. The zero-order chi connectivity index (χ0) is 32.1. The molecule has 46 heavy (non-hydrogen) atoms. The number of nitrogens with zero attached hydrogens (tertiary/aromatic N) is 4. The molecule has 1 amide bonds. The number of hydrogen-bond acceptors (Lipinski definition) is 9. The van der Waals surface area contributed by atoms with Gasteiger partial charge in [0.25, 0.3) is 0 Å². The van der Waals surface area contributed by atoms with Gasteiger partial charge in [-0.1, -0.05) is 91.3 Å². The van der Waals surface area contributed by atoms with Crippen molar-refractivity contribution >= 4 is 23.6 Å². The summed E-state index contributed by atoms with van der Waals surface area (Å²) in [6.07, 6.45) is 3.30. The molecule has 3 N–H and O–H groups in total. The first-order valence-electron chi connectivity index (χ1n) is 15.5. The van der Waals surface area contributed by atoms with Gasteiger partial charge in [0, 0.05) is 37.1 Å². The highest BCUT2D eigenvalue weighted by Crippen LogP contribution is 2.39. The first-order chi connectivity index (χ1) is 22.5. The monoisotopic (exact) mass is 645 g/mol. The summed E-state index contributed by atoms with van der Waals surface area (Å²) >= 11 is 1.53. The molecule has 3 atom stereocenters. The smallest absolute Gasteiger partial charge is 0.303 e. The van der Waals surface area contributed by atoms with E-state index in [1.807, 2.05) is 78.9 Å². The summed E-state index contributed by atoms with van der Waals surface area (Å²) in [6, 6.07) is 25.4. The van der Waals surface area contributed by atoms with E-state index < -0.39 is 12.3 Å². The van der Waals surface area contributed by atoms with Crippen LogP contribution in [-0.2, 0) is 32.2 Å². The minimum atomic E-state index is -0.781. The molecule has 242 valence electrons. The third kappa shape index (κ3) is 9.70. The molecule has 0 radical (unpaired) electrons. The van der Waals surface area contributed by atoms with Crippen LogP contribution in [0.4, 0.5) is 0 Å². The van der Waals surface area contributed by atoms with E-state index in [9.17, 15) is 14.7 Å². The summed E-state index contributed by atoms with van der Waals surface area (Å²) < 4.78 is 14.7. The molecule has 0 aliphatic carbocycles. The van der Waals surface area contributed by atoms with Gasteiger partial charge in [-0.25, -0.2) is 0 Å². The minimum Gasteiger partial charge on any atom is -0.481 e. The molecule has 1 aliphatic heterocycles. The topological polar surface area (TPSA) is 149 Å². The Morgan fingerprint density at radius 2 is 1.57 bits per heavy atom. The fraction of sp³-hybridized carbons (Fsp3) is 0.382. The second kappa shape index (κ2) is 17.0. The van der Waals surface area contributed by atoms with Gasteiger partial charge in [0.2, 0.25) is 11.1 Å². The average Bonchev–Trinajstić information content (AvgIpc) is 3.57. The Labute approximate surface area is 272 Å². The number of benzene rings is 3. The van der Waals surface area contributed by atoms with Crippen LogP contribution < -0.4 is 5.32 Å². The highest BCUT2D eigenvalue weighted by atomic mass is 32.2. The average molecular weight is 646 g/mol. The molecular weight excluding hydrogens is 606 g/mol. The van der Waals surface area contributed by atoms with Crippen LogP contribution in [0.2, 0.25) is 0 Å². The summed E-state index contributed by atoms with van der Waals surface area (Å²) in [5.74, 6) is -0.187. The van der Waals surface area contributed by atoms with Crippen LogP contribution in [0.1, 0.15) is 79.6 Å². The number of nitrogens with one attached hydrogen (secondary N) is 1. The van der Waals surface area contributed by atoms with E-state index in [4.69, 9.17) is 14.6 Å². The fourth-order valence-electron chi connectivity index (χ4n) is 5.19. The number of amides is 1. The molecule has 3 aromatic carbocycles. The van der Waals surface area contributed by atoms with Crippen molar-refractivity contribution in [2.75, 3.05) is 5.75 Å². The standard InChI is InChI=1S/C34H39N5O6S/c40-22-25-14-16-26(17-15-25)30-20-29(23-46-34-36-37-38-39(34)28-8-4-3-5-9-28)44-33(45-30)27-18-12-24(13-19-27)21-35-31(41)10-6-1-2-7-11-32(42)43/h3-5,8-9,12-19,29-30,33,40H,1-2,6-7,10-11,20-23H2,(H,35,41)(H,42,43). The van der Waals surface area contributed by atoms with E-state index in [0.717, 1.165) is 47.2 Å². The number of aromatic nitrogens is 4. The first-order valence-corrected chi connectivity index (χ1v) is 16.5. The molecule has 0 bridgehead atoms. The summed E-state index contributed by atoms with van der Waals surface area (Å²) in [4.78, 5) is 22.9. The molecule has 0 saturated carbocycles. The molecule has 1 fully saturated rings. The molecule has 2 heterocycles. The highest BCUT2D eigenvalue weighted by molar-refractivity contribution is 7.99. The number of ether oxygens (including phenoxy) is 2. The number of carbonyl (C=O) groups excluding carboxylic acids is 1. The maximum atomic E-state index is 12.3. The Bertz CT molecular complexity index is 1530. The van der Waals surface area contributed by atoms with Crippen molar-refractivity contribution in [3.63, 3.8) is 0 Å². The number of thioether (sulfide) groups is 1. The Kier molecular flexibility index (Phi) is 12.3. The quantitative estimate of drug-likeness (QED) is 0.105. The van der Waals surface area contributed by atoms with Crippen LogP contribution in [0.3, 0.4) is 0 Å². The van der Waals surface area contributed by atoms with Crippen molar-refractivity contribution in [3.8, 4) is 5.69 Å². The summed E-state index contributed by atoms with van der Waals surface area (Å²) in [7, 11) is 0. The van der Waals surface area contributed by atoms with Gasteiger partial charge < -0.3 is 25.0 Å². The van der Waals surface area contributed by atoms with Crippen LogP contribution in [-0.4, -0.2) is 54.2 Å². The predicted molar refractivity (Wildman–Crippen MR) is 172 cm³/mol. The lowest BCUT2D eigenvalue weighted by Crippen LogP contribution is -2.31. The SMILES string of the molecule is O=C(O)CCCCCCC(=O)NCc1ccc(C2OC(CSc3nnnn3-c3ccccc3)CC(c3ccc(CO)cc3)O2)cc1. The van der Waals surface area contributed by atoms with Crippen molar-refractivity contribution in [3.05, 3.63) is 101 Å². The Morgan fingerprint density at radius 3 is 2.28 bits per heavy atom. The van der Waals surface area contributed by atoms with E-state index in [0.29, 0.717) is 36.7 Å². The number of rotatable bonds is 16. The molecule has 3 unspecified atom stereocenters. The highest BCUT2D eigenvalue weighted by Gasteiger charge is 2.32. The number of aliphatic hydroxyl groups is 1. The maximum absolute atomic E-state index is 12.3. The number of aliphatic hydroxyl groups excluding tert-OH is 1. The Hall–Kier alpha value is -4.10. The van der Waals surface area contributed by atoms with Gasteiger partial charge in [-0.05, 0) is 52.1 Å². The second-order valence-electron chi connectivity index (χ2n) is 11.2. The summed E-state index contributed by atoms with van der Waals surface area (Å²) in [6.45, 7) is 0.397. The fourth-order valence-corrected chi connectivity index (χ4v) is 6.10. The third-order valence-corrected chi connectivity index (χ3v) is 8.79. The zero-order valence-electron chi connectivity index (χ0n) is 25.5. The molecular formula is C34H39N5O6S. The lowest BCUT2D eigenvalue weighted by Gasteiger charge is -2.36. The first kappa shape index (κ1) is 33.3. The Morgan fingerprint density at radius 1 is 0.870 bits per heavy atom. The van der Waals surface area contributed by atoms with Crippen molar-refractivity contribution < 1.29 is 29.3 Å². The van der Waals surface area contributed by atoms with Crippen molar-refractivity contribution in [1.82, 2.24) is 25.5 Å². The van der Waals surface area contributed by atoms with E-state index in [2.05, 4.69) is 20.8 Å².